The summed E-state index contributed by atoms with van der Waals surface area (Å²) in [5, 5.41) is 22.0. The minimum Gasteiger partial charge on any atom is -0.481 e. The van der Waals surface area contributed by atoms with Crippen LogP contribution in [0.3, 0.4) is 0 Å². The molecule has 2 fully saturated rings. The quantitative estimate of drug-likeness (QED) is 0.729. The lowest BCUT2D eigenvalue weighted by molar-refractivity contribution is -0.138. The number of piperidine rings is 1. The van der Waals surface area contributed by atoms with Gasteiger partial charge < -0.3 is 20.4 Å². The predicted octanol–water partition coefficient (Wildman–Crippen LogP) is 1.33. The molecule has 20 heavy (non-hydrogen) atoms. The third-order valence-electron chi connectivity index (χ3n) is 4.38. The second-order valence-corrected chi connectivity index (χ2v) is 6.51. The molecule has 0 aromatic rings. The maximum atomic E-state index is 12.3. The van der Waals surface area contributed by atoms with E-state index in [1.807, 2.05) is 0 Å². The van der Waals surface area contributed by atoms with Gasteiger partial charge in [0, 0.05) is 6.54 Å². The van der Waals surface area contributed by atoms with Gasteiger partial charge in [-0.3, -0.25) is 4.79 Å². The van der Waals surface area contributed by atoms with Gasteiger partial charge >= 0.3 is 12.0 Å². The van der Waals surface area contributed by atoms with E-state index in [1.54, 1.807) is 11.8 Å². The molecule has 2 amide bonds. The fourth-order valence-electron chi connectivity index (χ4n) is 3.39. The number of likely N-dealkylation sites (tertiary alicyclic amines) is 1. The monoisotopic (exact) mass is 284 g/mol. The lowest BCUT2D eigenvalue weighted by Crippen LogP contribution is -2.57. The third kappa shape index (κ3) is 3.62. The van der Waals surface area contributed by atoms with Gasteiger partial charge in [-0.05, 0) is 32.6 Å². The van der Waals surface area contributed by atoms with Crippen LogP contribution < -0.4 is 5.32 Å². The van der Waals surface area contributed by atoms with E-state index in [0.29, 0.717) is 19.5 Å². The first-order valence-electron chi connectivity index (χ1n) is 7.33. The molecule has 114 valence electrons. The maximum absolute atomic E-state index is 12.3. The second kappa shape index (κ2) is 5.60. The number of aliphatic carboxylic acids is 1. The van der Waals surface area contributed by atoms with Crippen LogP contribution in [0.15, 0.2) is 0 Å². The summed E-state index contributed by atoms with van der Waals surface area (Å²) in [4.78, 5) is 25.0. The number of hydrogen-bond donors (Lipinski definition) is 3. The molecule has 0 aromatic carbocycles. The number of nitrogens with one attached hydrogen (secondary N) is 1. The van der Waals surface area contributed by atoms with Gasteiger partial charge in [-0.15, -0.1) is 0 Å². The van der Waals surface area contributed by atoms with Crippen molar-refractivity contribution >= 4 is 12.0 Å². The Labute approximate surface area is 119 Å². The number of urea groups is 1. The van der Waals surface area contributed by atoms with Crippen LogP contribution in [-0.4, -0.2) is 51.3 Å². The van der Waals surface area contributed by atoms with E-state index in [9.17, 15) is 14.7 Å². The summed E-state index contributed by atoms with van der Waals surface area (Å²) in [7, 11) is 0. The summed E-state index contributed by atoms with van der Waals surface area (Å²) in [6.45, 7) is 2.65. The van der Waals surface area contributed by atoms with Crippen LogP contribution in [-0.2, 0) is 4.79 Å². The van der Waals surface area contributed by atoms with E-state index in [-0.39, 0.29) is 12.5 Å². The van der Waals surface area contributed by atoms with E-state index in [0.717, 1.165) is 32.1 Å². The van der Waals surface area contributed by atoms with E-state index in [4.69, 9.17) is 5.11 Å². The van der Waals surface area contributed by atoms with Gasteiger partial charge in [-0.2, -0.15) is 0 Å². The minimum atomic E-state index is -0.877. The standard InChI is InChI=1S/C14H24N2O4/c1-13(20)5-4-8-16(10-13)12(19)15-14(9-11(17)18)6-2-3-7-14/h20H,2-10H2,1H3,(H,15,19)(H,17,18). The summed E-state index contributed by atoms with van der Waals surface area (Å²) >= 11 is 0. The molecule has 2 aliphatic rings. The fourth-order valence-corrected chi connectivity index (χ4v) is 3.39. The molecule has 3 N–H and O–H groups in total. The maximum Gasteiger partial charge on any atom is 0.317 e. The average molecular weight is 284 g/mol. The largest absolute Gasteiger partial charge is 0.481 e. The highest BCUT2D eigenvalue weighted by Gasteiger charge is 2.40. The fraction of sp³-hybridized carbons (Fsp3) is 0.857. The molecule has 0 radical (unpaired) electrons. The Morgan fingerprint density at radius 3 is 2.40 bits per heavy atom. The Morgan fingerprint density at radius 1 is 1.20 bits per heavy atom. The third-order valence-corrected chi connectivity index (χ3v) is 4.38. The Kier molecular flexibility index (Phi) is 4.22. The zero-order chi connectivity index (χ0) is 14.8. The molecular weight excluding hydrogens is 260 g/mol. The van der Waals surface area contributed by atoms with E-state index in [1.165, 1.54) is 0 Å². The first-order chi connectivity index (χ1) is 9.32. The van der Waals surface area contributed by atoms with Crippen LogP contribution in [0.5, 0.6) is 0 Å². The Hall–Kier alpha value is -1.30. The highest BCUT2D eigenvalue weighted by atomic mass is 16.4. The lowest BCUT2D eigenvalue weighted by atomic mass is 9.92. The highest BCUT2D eigenvalue weighted by Crippen LogP contribution is 2.33. The normalized spacial score (nSPS) is 29.2. The molecule has 1 saturated carbocycles. The van der Waals surface area contributed by atoms with Crippen molar-refractivity contribution in [1.29, 1.82) is 0 Å². The number of β-amino-alcohol motifs (C(OH)–C–C–N with tert-alkyl or cyclic N) is 1. The Balaban J connectivity index is 1.99. The van der Waals surface area contributed by atoms with Crippen molar-refractivity contribution in [2.24, 2.45) is 0 Å². The molecule has 1 unspecified atom stereocenters. The zero-order valence-electron chi connectivity index (χ0n) is 12.0. The molecule has 1 heterocycles. The predicted molar refractivity (Wildman–Crippen MR) is 73.4 cm³/mol. The van der Waals surface area contributed by atoms with Crippen LogP contribution >= 0.6 is 0 Å². The number of rotatable bonds is 3. The van der Waals surface area contributed by atoms with Crippen molar-refractivity contribution in [2.45, 2.75) is 63.0 Å². The van der Waals surface area contributed by atoms with Crippen molar-refractivity contribution < 1.29 is 19.8 Å². The Morgan fingerprint density at radius 2 is 1.85 bits per heavy atom. The van der Waals surface area contributed by atoms with Crippen molar-refractivity contribution in [3.8, 4) is 0 Å². The SMILES string of the molecule is CC1(O)CCCN(C(=O)NC2(CC(=O)O)CCCC2)C1. The number of carbonyl (C=O) groups excluding carboxylic acids is 1. The molecule has 6 heteroatoms. The number of hydrogen-bond acceptors (Lipinski definition) is 3. The number of nitrogens with zero attached hydrogens (tertiary/aromatic N) is 1. The molecule has 0 spiro atoms. The molecular formula is C14H24N2O4. The Bertz CT molecular complexity index is 389. The van der Waals surface area contributed by atoms with Gasteiger partial charge in [-0.25, -0.2) is 4.79 Å². The molecule has 0 bridgehead atoms. The van der Waals surface area contributed by atoms with E-state index >= 15 is 0 Å². The summed E-state index contributed by atoms with van der Waals surface area (Å²) in [6.07, 6.45) is 4.77. The number of carbonyl (C=O) groups is 2. The second-order valence-electron chi connectivity index (χ2n) is 6.51. The van der Waals surface area contributed by atoms with Crippen LogP contribution in [0, 0.1) is 0 Å². The number of carboxylic acid groups (broad SMARTS) is 1. The molecule has 0 aromatic heterocycles. The number of amides is 2. The first-order valence-corrected chi connectivity index (χ1v) is 7.33. The topological polar surface area (TPSA) is 89.9 Å². The molecule has 1 saturated heterocycles. The summed E-state index contributed by atoms with van der Waals surface area (Å²) in [5.41, 5.74) is -1.45. The molecule has 1 atom stereocenters. The van der Waals surface area contributed by atoms with Gasteiger partial charge in [0.1, 0.15) is 0 Å². The van der Waals surface area contributed by atoms with Gasteiger partial charge in [-0.1, -0.05) is 12.8 Å². The smallest absolute Gasteiger partial charge is 0.317 e. The highest BCUT2D eigenvalue weighted by molar-refractivity contribution is 5.77. The van der Waals surface area contributed by atoms with Gasteiger partial charge in [0.2, 0.25) is 0 Å². The van der Waals surface area contributed by atoms with Crippen LogP contribution in [0.25, 0.3) is 0 Å². The molecule has 1 aliphatic heterocycles. The van der Waals surface area contributed by atoms with Gasteiger partial charge in [0.15, 0.2) is 0 Å². The van der Waals surface area contributed by atoms with Crippen LogP contribution in [0.1, 0.15) is 51.9 Å². The van der Waals surface area contributed by atoms with Crippen molar-refractivity contribution in [2.75, 3.05) is 13.1 Å². The minimum absolute atomic E-state index is 0.0248. The van der Waals surface area contributed by atoms with Gasteiger partial charge in [0.25, 0.3) is 0 Å². The zero-order valence-corrected chi connectivity index (χ0v) is 12.0. The van der Waals surface area contributed by atoms with E-state index in [2.05, 4.69) is 5.32 Å². The molecule has 6 nitrogen and oxygen atoms in total. The van der Waals surface area contributed by atoms with Crippen LogP contribution in [0.4, 0.5) is 4.79 Å². The lowest BCUT2D eigenvalue weighted by Gasteiger charge is -2.39. The molecule has 2 rings (SSSR count). The van der Waals surface area contributed by atoms with Crippen LogP contribution in [0.2, 0.25) is 0 Å². The van der Waals surface area contributed by atoms with Crippen molar-refractivity contribution in [3.05, 3.63) is 0 Å². The molecule has 1 aliphatic carbocycles. The number of aliphatic hydroxyl groups is 1. The van der Waals surface area contributed by atoms with Gasteiger partial charge in [0.05, 0.1) is 24.1 Å². The van der Waals surface area contributed by atoms with E-state index < -0.39 is 17.1 Å². The van der Waals surface area contributed by atoms with Crippen molar-refractivity contribution in [1.82, 2.24) is 10.2 Å². The summed E-state index contributed by atoms with van der Waals surface area (Å²) in [5.74, 6) is -0.877. The van der Waals surface area contributed by atoms with Crippen molar-refractivity contribution in [3.63, 3.8) is 0 Å². The first kappa shape index (κ1) is 15.1. The number of carboxylic acids is 1. The summed E-state index contributed by atoms with van der Waals surface area (Å²) < 4.78 is 0. The summed E-state index contributed by atoms with van der Waals surface area (Å²) in [6, 6.07) is -0.242. The average Bonchev–Trinajstić information content (AvgIpc) is 2.75.